The molecule has 0 bridgehead atoms. The number of rotatable bonds is 7. The number of guanidine groups is 1. The van der Waals surface area contributed by atoms with Gasteiger partial charge in [0.05, 0.1) is 40.0 Å². The van der Waals surface area contributed by atoms with Crippen molar-refractivity contribution in [3.8, 4) is 11.5 Å². The summed E-state index contributed by atoms with van der Waals surface area (Å²) >= 11 is 6.21. The van der Waals surface area contributed by atoms with Crippen molar-refractivity contribution >= 4 is 23.2 Å². The molecule has 3 rings (SSSR count). The van der Waals surface area contributed by atoms with Gasteiger partial charge in [0.25, 0.3) is 0 Å². The largest absolute Gasteiger partial charge is 0.493 e. The minimum absolute atomic E-state index is 0.0725. The van der Waals surface area contributed by atoms with Gasteiger partial charge in [-0.05, 0) is 29.8 Å². The van der Waals surface area contributed by atoms with Crippen molar-refractivity contribution < 1.29 is 14.2 Å². The molecule has 1 saturated heterocycles. The molecule has 0 radical (unpaired) electrons. The second-order valence-corrected chi connectivity index (χ2v) is 7.08. The number of aliphatic imine (C=N–C) groups is 1. The summed E-state index contributed by atoms with van der Waals surface area (Å²) in [5.41, 5.74) is 8.04. The van der Waals surface area contributed by atoms with Crippen molar-refractivity contribution in [2.75, 3.05) is 52.4 Å². The molecule has 3 N–H and O–H groups in total. The first-order valence-corrected chi connectivity index (χ1v) is 9.84. The molecule has 0 saturated carbocycles. The topological polar surface area (TPSA) is 81.3 Å². The van der Waals surface area contributed by atoms with Crippen LogP contribution in [-0.2, 0) is 4.74 Å². The van der Waals surface area contributed by atoms with E-state index in [9.17, 15) is 0 Å². The number of ether oxygens (including phenoxy) is 3. The van der Waals surface area contributed by atoms with Crippen LogP contribution in [0.15, 0.2) is 47.5 Å². The van der Waals surface area contributed by atoms with Crippen LogP contribution in [0, 0.1) is 0 Å². The van der Waals surface area contributed by atoms with Gasteiger partial charge in [0.15, 0.2) is 17.5 Å². The highest BCUT2D eigenvalue weighted by Gasteiger charge is 2.22. The highest BCUT2D eigenvalue weighted by atomic mass is 35.5. The van der Waals surface area contributed by atoms with E-state index in [0.717, 1.165) is 24.3 Å². The molecule has 156 valence electrons. The monoisotopic (exact) mass is 418 g/mol. The fraction of sp³-hybridized carbons (Fsp3) is 0.381. The molecule has 1 fully saturated rings. The van der Waals surface area contributed by atoms with Gasteiger partial charge in [-0.1, -0.05) is 23.7 Å². The van der Waals surface area contributed by atoms with E-state index in [0.29, 0.717) is 42.2 Å². The van der Waals surface area contributed by atoms with Gasteiger partial charge in [-0.15, -0.1) is 0 Å². The zero-order valence-corrected chi connectivity index (χ0v) is 17.5. The van der Waals surface area contributed by atoms with Gasteiger partial charge >= 0.3 is 0 Å². The summed E-state index contributed by atoms with van der Waals surface area (Å²) in [5.74, 6) is 1.61. The molecule has 0 aromatic heterocycles. The van der Waals surface area contributed by atoms with Crippen LogP contribution < -0.4 is 20.5 Å². The fourth-order valence-corrected chi connectivity index (χ4v) is 3.52. The number of nitrogens with one attached hydrogen (secondary N) is 1. The molecule has 7 nitrogen and oxygen atoms in total. The van der Waals surface area contributed by atoms with E-state index in [1.165, 1.54) is 0 Å². The Bertz CT molecular complexity index is 840. The fourth-order valence-electron chi connectivity index (χ4n) is 3.32. The average molecular weight is 419 g/mol. The molecule has 1 aliphatic heterocycles. The van der Waals surface area contributed by atoms with Gasteiger partial charge in [-0.3, -0.25) is 9.89 Å². The maximum absolute atomic E-state index is 6.21. The number of benzene rings is 2. The standard InChI is InChI=1S/C21H27ClN4O3/c1-27-19-7-6-17(13-20(19)28-2)25-21(23)24-14-18(26-8-10-29-11-9-26)15-4-3-5-16(22)12-15/h3-7,12-13,18H,8-11,14H2,1-2H3,(H3,23,24,25). The lowest BCUT2D eigenvalue weighted by Gasteiger charge is -2.34. The first-order chi connectivity index (χ1) is 14.1. The predicted molar refractivity (Wildman–Crippen MR) is 116 cm³/mol. The van der Waals surface area contributed by atoms with Crippen molar-refractivity contribution in [2.24, 2.45) is 10.7 Å². The van der Waals surface area contributed by atoms with Gasteiger partial charge in [-0.25, -0.2) is 0 Å². The van der Waals surface area contributed by atoms with Gasteiger partial charge in [0.1, 0.15) is 0 Å². The number of morpholine rings is 1. The Balaban J connectivity index is 1.74. The number of hydrogen-bond donors (Lipinski definition) is 2. The van der Waals surface area contributed by atoms with Crippen molar-refractivity contribution in [2.45, 2.75) is 6.04 Å². The molecule has 0 amide bonds. The van der Waals surface area contributed by atoms with Crippen LogP contribution in [0.25, 0.3) is 0 Å². The number of methoxy groups -OCH3 is 2. The molecule has 1 unspecified atom stereocenters. The number of anilines is 1. The normalized spacial score (nSPS) is 16.3. The Morgan fingerprint density at radius 3 is 2.62 bits per heavy atom. The Kier molecular flexibility index (Phi) is 7.57. The van der Waals surface area contributed by atoms with Crippen molar-refractivity contribution in [3.05, 3.63) is 53.1 Å². The summed E-state index contributed by atoms with van der Waals surface area (Å²) in [7, 11) is 3.19. The summed E-state index contributed by atoms with van der Waals surface area (Å²) in [5, 5.41) is 3.82. The molecule has 2 aromatic rings. The smallest absolute Gasteiger partial charge is 0.193 e. The molecule has 8 heteroatoms. The van der Waals surface area contributed by atoms with E-state index >= 15 is 0 Å². The van der Waals surface area contributed by atoms with Crippen LogP contribution in [0.2, 0.25) is 5.02 Å². The third-order valence-corrected chi connectivity index (χ3v) is 5.05. The van der Waals surface area contributed by atoms with Crippen molar-refractivity contribution in [3.63, 3.8) is 0 Å². The summed E-state index contributed by atoms with van der Waals surface area (Å²) < 4.78 is 16.1. The molecule has 1 atom stereocenters. The first-order valence-electron chi connectivity index (χ1n) is 9.47. The average Bonchev–Trinajstić information content (AvgIpc) is 2.74. The van der Waals surface area contributed by atoms with Gasteiger partial charge < -0.3 is 25.3 Å². The zero-order chi connectivity index (χ0) is 20.6. The second-order valence-electron chi connectivity index (χ2n) is 6.64. The van der Waals surface area contributed by atoms with E-state index in [1.807, 2.05) is 36.4 Å². The van der Waals surface area contributed by atoms with Crippen LogP contribution >= 0.6 is 11.6 Å². The molecular weight excluding hydrogens is 392 g/mol. The zero-order valence-electron chi connectivity index (χ0n) is 16.7. The lowest BCUT2D eigenvalue weighted by atomic mass is 10.0. The predicted octanol–water partition coefficient (Wildman–Crippen LogP) is 3.16. The van der Waals surface area contributed by atoms with E-state index in [4.69, 9.17) is 31.5 Å². The first kappa shape index (κ1) is 21.2. The molecule has 0 aliphatic carbocycles. The number of hydrogen-bond acceptors (Lipinski definition) is 5. The van der Waals surface area contributed by atoms with Crippen molar-refractivity contribution in [1.29, 1.82) is 0 Å². The molecule has 1 heterocycles. The summed E-state index contributed by atoms with van der Waals surface area (Å²) in [6.45, 7) is 3.61. The highest BCUT2D eigenvalue weighted by molar-refractivity contribution is 6.30. The molecule has 0 spiro atoms. The third kappa shape index (κ3) is 5.76. The van der Waals surface area contributed by atoms with E-state index in [2.05, 4.69) is 21.3 Å². The number of halogens is 1. The third-order valence-electron chi connectivity index (χ3n) is 4.81. The summed E-state index contributed by atoms with van der Waals surface area (Å²) in [6.07, 6.45) is 0. The van der Waals surface area contributed by atoms with Crippen LogP contribution in [0.3, 0.4) is 0 Å². The minimum Gasteiger partial charge on any atom is -0.493 e. The Morgan fingerprint density at radius 1 is 1.17 bits per heavy atom. The Morgan fingerprint density at radius 2 is 1.93 bits per heavy atom. The molecule has 2 aromatic carbocycles. The SMILES string of the molecule is COc1ccc(NC(N)=NCC(c2cccc(Cl)c2)N2CCOCC2)cc1OC. The van der Waals surface area contributed by atoms with Crippen LogP contribution in [0.4, 0.5) is 5.69 Å². The minimum atomic E-state index is 0.0725. The van der Waals surface area contributed by atoms with E-state index in [1.54, 1.807) is 14.2 Å². The van der Waals surface area contributed by atoms with Crippen LogP contribution in [-0.4, -0.2) is 57.9 Å². The van der Waals surface area contributed by atoms with Crippen molar-refractivity contribution in [1.82, 2.24) is 4.90 Å². The van der Waals surface area contributed by atoms with Crippen LogP contribution in [0.1, 0.15) is 11.6 Å². The maximum Gasteiger partial charge on any atom is 0.193 e. The summed E-state index contributed by atoms with van der Waals surface area (Å²) in [4.78, 5) is 6.93. The number of nitrogens with two attached hydrogens (primary N) is 1. The van der Waals surface area contributed by atoms with E-state index < -0.39 is 0 Å². The lowest BCUT2D eigenvalue weighted by molar-refractivity contribution is 0.0180. The molecular formula is C21H27ClN4O3. The maximum atomic E-state index is 6.21. The van der Waals surface area contributed by atoms with Gasteiger partial charge in [0, 0.05) is 29.9 Å². The van der Waals surface area contributed by atoms with Gasteiger partial charge in [-0.2, -0.15) is 0 Å². The number of nitrogens with zero attached hydrogens (tertiary/aromatic N) is 2. The van der Waals surface area contributed by atoms with Gasteiger partial charge in [0.2, 0.25) is 0 Å². The molecule has 29 heavy (non-hydrogen) atoms. The van der Waals surface area contributed by atoms with Crippen LogP contribution in [0.5, 0.6) is 11.5 Å². The Hall–Kier alpha value is -2.48. The highest BCUT2D eigenvalue weighted by Crippen LogP contribution is 2.30. The van der Waals surface area contributed by atoms with E-state index in [-0.39, 0.29) is 6.04 Å². The Labute approximate surface area is 176 Å². The summed E-state index contributed by atoms with van der Waals surface area (Å²) in [6, 6.07) is 13.4. The second kappa shape index (κ2) is 10.3. The lowest BCUT2D eigenvalue weighted by Crippen LogP contribution is -2.40. The molecule has 1 aliphatic rings. The quantitative estimate of drug-likeness (QED) is 0.531.